The second-order valence-electron chi connectivity index (χ2n) is 14.5. The summed E-state index contributed by atoms with van der Waals surface area (Å²) in [4.78, 5) is 15.1. The number of para-hydroxylation sites is 2. The van der Waals surface area contributed by atoms with Crippen molar-refractivity contribution < 1.29 is 21.2 Å². The molecule has 280 valence electrons. The topological polar surface area (TPSA) is 65.0 Å². The number of furan rings is 2. The van der Waals surface area contributed by atoms with Crippen LogP contribution < -0.4 is 0 Å². The van der Waals surface area contributed by atoms with Crippen molar-refractivity contribution in [2.75, 3.05) is 0 Å². The van der Waals surface area contributed by atoms with Crippen molar-refractivity contribution in [3.63, 3.8) is 0 Å². The molecular formula is C55H33N3O2. The fourth-order valence-electron chi connectivity index (χ4n) is 7.94. The van der Waals surface area contributed by atoms with E-state index in [9.17, 15) is 1.37 Å². The van der Waals surface area contributed by atoms with E-state index in [2.05, 4.69) is 12.1 Å². The third-order valence-electron chi connectivity index (χ3n) is 10.9. The van der Waals surface area contributed by atoms with Gasteiger partial charge in [-0.05, 0) is 51.9 Å². The third-order valence-corrected chi connectivity index (χ3v) is 10.9. The number of fused-ring (bicyclic) bond motifs is 8. The van der Waals surface area contributed by atoms with E-state index in [-0.39, 0.29) is 44.3 Å². The van der Waals surface area contributed by atoms with E-state index in [1.165, 1.54) is 0 Å². The number of aromatic nitrogens is 3. The smallest absolute Gasteiger partial charge is 0.164 e. The second-order valence-corrected chi connectivity index (χ2v) is 14.5. The molecule has 0 spiro atoms. The molecule has 0 bridgehead atoms. The van der Waals surface area contributed by atoms with Gasteiger partial charge in [0.1, 0.15) is 22.3 Å². The first-order chi connectivity index (χ1) is 33.5. The molecule has 0 amide bonds. The Morgan fingerprint density at radius 1 is 0.333 bits per heavy atom. The van der Waals surface area contributed by atoms with Gasteiger partial charge < -0.3 is 8.83 Å². The van der Waals surface area contributed by atoms with E-state index in [0.717, 1.165) is 44.2 Å². The molecule has 3 aromatic heterocycles. The first-order valence-electron chi connectivity index (χ1n) is 23.9. The molecule has 5 nitrogen and oxygen atoms in total. The van der Waals surface area contributed by atoms with E-state index in [1.807, 2.05) is 115 Å². The summed E-state index contributed by atoms with van der Waals surface area (Å²) in [5.41, 5.74) is 7.79. The first kappa shape index (κ1) is 26.0. The van der Waals surface area contributed by atoms with Crippen molar-refractivity contribution in [2.24, 2.45) is 0 Å². The van der Waals surface area contributed by atoms with Gasteiger partial charge in [0.15, 0.2) is 17.5 Å². The summed E-state index contributed by atoms with van der Waals surface area (Å²) in [6, 6.07) is 43.0. The highest BCUT2D eigenvalue weighted by molar-refractivity contribution is 6.17. The maximum atomic E-state index is 9.22. The molecule has 60 heavy (non-hydrogen) atoms. The Hall–Kier alpha value is -8.15. The first-order valence-corrected chi connectivity index (χ1v) is 19.4. The van der Waals surface area contributed by atoms with Gasteiger partial charge in [0, 0.05) is 54.7 Å². The molecule has 3 heterocycles. The molecule has 0 aliphatic heterocycles. The Bertz CT molecular complexity index is 4120. The Morgan fingerprint density at radius 2 is 0.933 bits per heavy atom. The van der Waals surface area contributed by atoms with Crippen molar-refractivity contribution in [3.8, 4) is 67.5 Å². The van der Waals surface area contributed by atoms with Gasteiger partial charge in [0.05, 0.1) is 12.3 Å². The molecule has 0 saturated heterocycles. The summed E-state index contributed by atoms with van der Waals surface area (Å²) in [6.07, 6.45) is 0. The van der Waals surface area contributed by atoms with Gasteiger partial charge in [-0.25, -0.2) is 15.0 Å². The Balaban J connectivity index is 1.05. The van der Waals surface area contributed by atoms with Crippen molar-refractivity contribution in [1.29, 1.82) is 0 Å². The zero-order valence-corrected chi connectivity index (χ0v) is 31.5. The number of nitrogens with zero attached hydrogens (tertiary/aromatic N) is 3. The van der Waals surface area contributed by atoms with Gasteiger partial charge in [-0.15, -0.1) is 0 Å². The molecule has 0 saturated carbocycles. The summed E-state index contributed by atoms with van der Waals surface area (Å²) in [5.74, 6) is 1.07. The molecule has 0 fully saturated rings. The van der Waals surface area contributed by atoms with Crippen LogP contribution >= 0.6 is 0 Å². The average molecular weight is 777 g/mol. The van der Waals surface area contributed by atoms with Crippen LogP contribution in [0.5, 0.6) is 0 Å². The number of benzene rings is 9. The molecule has 12 aromatic rings. The van der Waals surface area contributed by atoms with Crippen LogP contribution in [0.3, 0.4) is 0 Å². The van der Waals surface area contributed by atoms with Crippen LogP contribution in [-0.2, 0) is 0 Å². The highest BCUT2D eigenvalue weighted by atomic mass is 16.3. The highest BCUT2D eigenvalue weighted by Gasteiger charge is 2.19. The van der Waals surface area contributed by atoms with Gasteiger partial charge >= 0.3 is 0 Å². The average Bonchev–Trinajstić information content (AvgIpc) is 3.97. The van der Waals surface area contributed by atoms with E-state index in [4.69, 9.17) is 34.8 Å². The highest BCUT2D eigenvalue weighted by Crippen LogP contribution is 2.41. The molecule has 0 N–H and O–H groups in total. The largest absolute Gasteiger partial charge is 0.455 e. The van der Waals surface area contributed by atoms with Gasteiger partial charge in [0.25, 0.3) is 0 Å². The molecular weight excluding hydrogens is 735 g/mol. The van der Waals surface area contributed by atoms with Crippen molar-refractivity contribution >= 4 is 54.6 Å². The minimum absolute atomic E-state index is 0.0141. The van der Waals surface area contributed by atoms with Gasteiger partial charge in [-0.2, -0.15) is 0 Å². The Morgan fingerprint density at radius 3 is 1.75 bits per heavy atom. The van der Waals surface area contributed by atoms with E-state index < -0.39 is 48.3 Å². The lowest BCUT2D eigenvalue weighted by Gasteiger charge is -2.10. The summed E-state index contributed by atoms with van der Waals surface area (Å²) in [5, 5.41) is 1.53. The summed E-state index contributed by atoms with van der Waals surface area (Å²) in [7, 11) is 0. The molecule has 9 aromatic carbocycles. The minimum atomic E-state index is -0.558. The Kier molecular flexibility index (Phi) is 5.95. The lowest BCUT2D eigenvalue weighted by molar-refractivity contribution is 0.670. The quantitative estimate of drug-likeness (QED) is 0.168. The zero-order chi connectivity index (χ0) is 47.4. The van der Waals surface area contributed by atoms with Gasteiger partial charge in [-0.3, -0.25) is 0 Å². The van der Waals surface area contributed by atoms with Crippen molar-refractivity contribution in [2.45, 2.75) is 0 Å². The molecule has 0 unspecified atom stereocenters. The molecule has 0 atom stereocenters. The van der Waals surface area contributed by atoms with Crippen LogP contribution in [0.2, 0.25) is 0 Å². The predicted octanol–water partition coefficient (Wildman–Crippen LogP) is 14.8. The maximum Gasteiger partial charge on any atom is 0.164 e. The molecule has 0 radical (unpaired) electrons. The standard InChI is InChI=1S/C55H33N3O2/c1-3-12-34(13-4-1)35-24-26-38(27-25-35)53-56-54(58-55(57-53)41-29-30-45-46-22-10-20-43(36-14-5-2-6-15-36)50(46)59-49(45)33-41)40-18-9-17-39(32-40)44-21-11-23-47-48-31-28-37-16-7-8-19-42(37)51(48)60-52(44)47/h1-33H/i7D,8D,11D,16D,19D,21D,23D,28D,31D. The second kappa shape index (κ2) is 13.8. The van der Waals surface area contributed by atoms with Crippen LogP contribution in [0.1, 0.15) is 12.3 Å². The summed E-state index contributed by atoms with van der Waals surface area (Å²) in [6.45, 7) is 0. The number of hydrogen-bond acceptors (Lipinski definition) is 5. The van der Waals surface area contributed by atoms with Crippen LogP contribution in [0.15, 0.2) is 209 Å². The molecule has 12 rings (SSSR count). The number of rotatable bonds is 6. The third kappa shape index (κ3) is 5.67. The summed E-state index contributed by atoms with van der Waals surface area (Å²) >= 11 is 0. The lowest BCUT2D eigenvalue weighted by atomic mass is 9.99. The van der Waals surface area contributed by atoms with E-state index >= 15 is 0 Å². The molecule has 5 heteroatoms. The fourth-order valence-corrected chi connectivity index (χ4v) is 7.94. The van der Waals surface area contributed by atoms with Gasteiger partial charge in [0.2, 0.25) is 0 Å². The number of hydrogen-bond donors (Lipinski definition) is 0. The van der Waals surface area contributed by atoms with E-state index in [1.54, 1.807) is 18.2 Å². The SMILES string of the molecule is [2H]c1c([2H])c([2H])c2c(oc3c4c([2H])c([2H])c([2H])c([2H])c4c([2H])c([2H])c32)c1-c1cccc(-c2nc(-c3ccc(-c4ccccc4)cc3)nc(-c3ccc4c(c3)oc3c(-c5ccccc5)cccc34)n2)c1. The normalized spacial score (nSPS) is 13.8. The van der Waals surface area contributed by atoms with E-state index in [0.29, 0.717) is 39.7 Å². The van der Waals surface area contributed by atoms with Crippen LogP contribution in [0.4, 0.5) is 0 Å². The van der Waals surface area contributed by atoms with Crippen LogP contribution in [0.25, 0.3) is 122 Å². The monoisotopic (exact) mass is 776 g/mol. The molecule has 0 aliphatic rings. The lowest BCUT2D eigenvalue weighted by Crippen LogP contribution is -2.00. The Labute approximate surface area is 357 Å². The molecule has 0 aliphatic carbocycles. The predicted molar refractivity (Wildman–Crippen MR) is 245 cm³/mol. The maximum absolute atomic E-state index is 9.22. The zero-order valence-electron chi connectivity index (χ0n) is 40.5. The van der Waals surface area contributed by atoms with Gasteiger partial charge in [-0.1, -0.05) is 176 Å². The van der Waals surface area contributed by atoms with Crippen molar-refractivity contribution in [1.82, 2.24) is 15.0 Å². The minimum Gasteiger partial charge on any atom is -0.455 e. The van der Waals surface area contributed by atoms with Crippen LogP contribution in [0, 0.1) is 0 Å². The fraction of sp³-hybridized carbons (Fsp3) is 0. The van der Waals surface area contributed by atoms with Crippen molar-refractivity contribution in [3.05, 3.63) is 200 Å². The summed E-state index contributed by atoms with van der Waals surface area (Å²) < 4.78 is 92.2. The van der Waals surface area contributed by atoms with Crippen LogP contribution in [-0.4, -0.2) is 15.0 Å².